The maximum absolute atomic E-state index is 13.2. The van der Waals surface area contributed by atoms with Crippen molar-refractivity contribution in [2.24, 2.45) is 10.6 Å². The van der Waals surface area contributed by atoms with Gasteiger partial charge < -0.3 is 14.9 Å². The van der Waals surface area contributed by atoms with Gasteiger partial charge >= 0.3 is 0 Å². The fourth-order valence-corrected chi connectivity index (χ4v) is 4.58. The topological polar surface area (TPSA) is 59.9 Å². The Hall–Kier alpha value is -1.88. The van der Waals surface area contributed by atoms with Gasteiger partial charge in [0.15, 0.2) is 0 Å². The molecule has 3 aliphatic rings. The third kappa shape index (κ3) is 4.18. The summed E-state index contributed by atoms with van der Waals surface area (Å²) in [6.45, 7) is 3.38. The first-order chi connectivity index (χ1) is 13.1. The standard InChI is InChI=1S/C22H30N2O3/c1-16-6-8-17(9-7-16)20-14-19(27-24-20)15-22(10-12-26-13-11-22)21(25)23-18-4-2-3-5-18/h6-9,18-19H,2-5,10-15H2,1H3,(H,23,25)/t19-/m0/s1. The minimum absolute atomic E-state index is 0.0336. The molecule has 4 rings (SSSR count). The number of aryl methyl sites for hydroxylation is 1. The van der Waals surface area contributed by atoms with Crippen LogP contribution in [0.15, 0.2) is 29.4 Å². The zero-order valence-corrected chi connectivity index (χ0v) is 16.2. The SMILES string of the molecule is Cc1ccc(C2=NO[C@H](CC3(C(=O)NC4CCCC4)CCOCC3)C2)cc1. The molecule has 0 aromatic heterocycles. The molecule has 1 saturated carbocycles. The van der Waals surface area contributed by atoms with Crippen molar-refractivity contribution < 1.29 is 14.4 Å². The molecule has 1 aromatic rings. The second-order valence-electron chi connectivity index (χ2n) is 8.39. The van der Waals surface area contributed by atoms with Crippen molar-refractivity contribution in [3.05, 3.63) is 35.4 Å². The smallest absolute Gasteiger partial charge is 0.226 e. The molecule has 1 aliphatic carbocycles. The average molecular weight is 370 g/mol. The Balaban J connectivity index is 1.41. The van der Waals surface area contributed by atoms with Crippen LogP contribution in [0, 0.1) is 12.3 Å². The van der Waals surface area contributed by atoms with Crippen LogP contribution in [0.2, 0.25) is 0 Å². The molecule has 146 valence electrons. The zero-order valence-electron chi connectivity index (χ0n) is 16.2. The van der Waals surface area contributed by atoms with Crippen LogP contribution in [0.3, 0.4) is 0 Å². The van der Waals surface area contributed by atoms with E-state index in [1.165, 1.54) is 18.4 Å². The average Bonchev–Trinajstić information content (AvgIpc) is 3.35. The van der Waals surface area contributed by atoms with Crippen molar-refractivity contribution in [2.45, 2.75) is 70.4 Å². The number of nitrogens with one attached hydrogen (secondary N) is 1. The van der Waals surface area contributed by atoms with Crippen molar-refractivity contribution in [2.75, 3.05) is 13.2 Å². The molecule has 1 N–H and O–H groups in total. The molecule has 27 heavy (non-hydrogen) atoms. The number of oxime groups is 1. The minimum Gasteiger partial charge on any atom is -0.392 e. The summed E-state index contributed by atoms with van der Waals surface area (Å²) in [6, 6.07) is 8.73. The molecule has 2 aliphatic heterocycles. The van der Waals surface area contributed by atoms with Crippen molar-refractivity contribution >= 4 is 11.6 Å². The van der Waals surface area contributed by atoms with E-state index in [-0.39, 0.29) is 17.4 Å². The molecule has 2 fully saturated rings. The number of nitrogens with zero attached hydrogens (tertiary/aromatic N) is 1. The van der Waals surface area contributed by atoms with E-state index in [0.29, 0.717) is 25.7 Å². The van der Waals surface area contributed by atoms with E-state index in [4.69, 9.17) is 9.57 Å². The molecule has 1 saturated heterocycles. The van der Waals surface area contributed by atoms with Crippen molar-refractivity contribution in [3.8, 4) is 0 Å². The van der Waals surface area contributed by atoms with Gasteiger partial charge in [0.1, 0.15) is 6.10 Å². The van der Waals surface area contributed by atoms with Crippen LogP contribution >= 0.6 is 0 Å². The van der Waals surface area contributed by atoms with E-state index in [0.717, 1.165) is 43.4 Å². The van der Waals surface area contributed by atoms with E-state index in [2.05, 4.69) is 41.7 Å². The third-order valence-corrected chi connectivity index (χ3v) is 6.36. The summed E-state index contributed by atoms with van der Waals surface area (Å²) in [5.74, 6) is 0.199. The van der Waals surface area contributed by atoms with Gasteiger partial charge in [-0.2, -0.15) is 0 Å². The summed E-state index contributed by atoms with van der Waals surface area (Å²) in [6.07, 6.45) is 7.65. The van der Waals surface area contributed by atoms with Gasteiger partial charge in [-0.15, -0.1) is 0 Å². The molecular formula is C22H30N2O3. The van der Waals surface area contributed by atoms with Gasteiger partial charge in [0.2, 0.25) is 5.91 Å². The second kappa shape index (κ2) is 8.01. The molecule has 1 aromatic carbocycles. The predicted molar refractivity (Wildman–Crippen MR) is 105 cm³/mol. The number of amides is 1. The molecule has 0 radical (unpaired) electrons. The highest BCUT2D eigenvalue weighted by atomic mass is 16.6. The summed E-state index contributed by atoms with van der Waals surface area (Å²) in [4.78, 5) is 19.0. The molecule has 5 nitrogen and oxygen atoms in total. The quantitative estimate of drug-likeness (QED) is 0.859. The van der Waals surface area contributed by atoms with Gasteiger partial charge in [-0.3, -0.25) is 4.79 Å². The highest BCUT2D eigenvalue weighted by Crippen LogP contribution is 2.39. The van der Waals surface area contributed by atoms with Gasteiger partial charge in [0.05, 0.1) is 11.1 Å². The zero-order chi connectivity index (χ0) is 18.7. The van der Waals surface area contributed by atoms with E-state index >= 15 is 0 Å². The summed E-state index contributed by atoms with van der Waals surface area (Å²) in [5, 5.41) is 7.65. The van der Waals surface area contributed by atoms with Crippen LogP contribution in [0.1, 0.15) is 62.5 Å². The number of hydrogen-bond donors (Lipinski definition) is 1. The molecule has 0 unspecified atom stereocenters. The molecule has 0 bridgehead atoms. The number of carbonyl (C=O) groups is 1. The number of ether oxygens (including phenoxy) is 1. The van der Waals surface area contributed by atoms with Crippen LogP contribution in [0.25, 0.3) is 0 Å². The fourth-order valence-electron chi connectivity index (χ4n) is 4.58. The Bertz CT molecular complexity index is 686. The van der Waals surface area contributed by atoms with Crippen LogP contribution in [0.4, 0.5) is 0 Å². The molecular weight excluding hydrogens is 340 g/mol. The van der Waals surface area contributed by atoms with Crippen LogP contribution in [-0.2, 0) is 14.4 Å². The highest BCUT2D eigenvalue weighted by molar-refractivity contribution is 6.01. The molecule has 1 atom stereocenters. The van der Waals surface area contributed by atoms with Gasteiger partial charge in [-0.1, -0.05) is 47.8 Å². The van der Waals surface area contributed by atoms with Crippen LogP contribution < -0.4 is 5.32 Å². The summed E-state index contributed by atoms with van der Waals surface area (Å²) in [7, 11) is 0. The van der Waals surface area contributed by atoms with Gasteiger partial charge in [0.25, 0.3) is 0 Å². The molecule has 5 heteroatoms. The molecule has 2 heterocycles. The first-order valence-electron chi connectivity index (χ1n) is 10.3. The normalized spacial score (nSPS) is 25.1. The Labute approximate surface area is 161 Å². The molecule has 1 amide bonds. The first kappa shape index (κ1) is 18.5. The number of hydrogen-bond acceptors (Lipinski definition) is 4. The highest BCUT2D eigenvalue weighted by Gasteiger charge is 2.44. The summed E-state index contributed by atoms with van der Waals surface area (Å²) in [5.41, 5.74) is 2.95. The Kier molecular flexibility index (Phi) is 5.48. The number of rotatable bonds is 5. The third-order valence-electron chi connectivity index (χ3n) is 6.36. The summed E-state index contributed by atoms with van der Waals surface area (Å²) < 4.78 is 5.56. The lowest BCUT2D eigenvalue weighted by Gasteiger charge is -2.37. The lowest BCUT2D eigenvalue weighted by Crippen LogP contribution is -2.49. The monoisotopic (exact) mass is 370 g/mol. The minimum atomic E-state index is -0.385. The predicted octanol–water partition coefficient (Wildman–Crippen LogP) is 3.73. The number of carbonyl (C=O) groups excluding carboxylic acids is 1. The maximum Gasteiger partial charge on any atom is 0.226 e. The second-order valence-corrected chi connectivity index (χ2v) is 8.39. The van der Waals surface area contributed by atoms with Gasteiger partial charge in [-0.05, 0) is 38.2 Å². The Morgan fingerprint density at radius 1 is 1.19 bits per heavy atom. The van der Waals surface area contributed by atoms with Gasteiger partial charge in [-0.25, -0.2) is 0 Å². The molecule has 0 spiro atoms. The van der Waals surface area contributed by atoms with Crippen LogP contribution in [0.5, 0.6) is 0 Å². The lowest BCUT2D eigenvalue weighted by atomic mass is 9.74. The van der Waals surface area contributed by atoms with E-state index < -0.39 is 0 Å². The van der Waals surface area contributed by atoms with E-state index in [9.17, 15) is 4.79 Å². The van der Waals surface area contributed by atoms with Crippen LogP contribution in [-0.4, -0.2) is 37.0 Å². The summed E-state index contributed by atoms with van der Waals surface area (Å²) >= 11 is 0. The Morgan fingerprint density at radius 2 is 1.89 bits per heavy atom. The maximum atomic E-state index is 13.2. The Morgan fingerprint density at radius 3 is 2.59 bits per heavy atom. The fraction of sp³-hybridized carbons (Fsp3) is 0.636. The lowest BCUT2D eigenvalue weighted by molar-refractivity contribution is -0.140. The van der Waals surface area contributed by atoms with Crippen molar-refractivity contribution in [1.82, 2.24) is 5.32 Å². The van der Waals surface area contributed by atoms with Crippen molar-refractivity contribution in [1.29, 1.82) is 0 Å². The van der Waals surface area contributed by atoms with Gasteiger partial charge in [0, 0.05) is 32.1 Å². The van der Waals surface area contributed by atoms with E-state index in [1.807, 2.05) is 0 Å². The van der Waals surface area contributed by atoms with Crippen molar-refractivity contribution in [3.63, 3.8) is 0 Å². The largest absolute Gasteiger partial charge is 0.392 e. The van der Waals surface area contributed by atoms with E-state index in [1.54, 1.807) is 0 Å². The first-order valence-corrected chi connectivity index (χ1v) is 10.3. The number of benzene rings is 1.